The number of aromatic nitrogens is 2. The summed E-state index contributed by atoms with van der Waals surface area (Å²) in [5.41, 5.74) is 9.60. The first-order valence-corrected chi connectivity index (χ1v) is 5.99. The third-order valence-corrected chi connectivity index (χ3v) is 3.34. The average Bonchev–Trinajstić information content (AvgIpc) is 2.30. The van der Waals surface area contributed by atoms with Crippen LogP contribution in [0.3, 0.4) is 0 Å². The summed E-state index contributed by atoms with van der Waals surface area (Å²) in [6.45, 7) is 2.08. The third kappa shape index (κ3) is 1.68. The minimum Gasteiger partial charge on any atom is -0.384 e. The van der Waals surface area contributed by atoms with E-state index >= 15 is 0 Å². The first-order chi connectivity index (χ1) is 8.28. The van der Waals surface area contributed by atoms with Crippen molar-refractivity contribution in [2.24, 2.45) is 0 Å². The third-order valence-electron chi connectivity index (χ3n) is 3.34. The van der Waals surface area contributed by atoms with Crippen LogP contribution in [0.25, 0.3) is 0 Å². The Morgan fingerprint density at radius 2 is 2.12 bits per heavy atom. The Hall–Kier alpha value is -1.90. The van der Waals surface area contributed by atoms with Crippen LogP contribution in [0.1, 0.15) is 35.5 Å². The molecule has 0 bridgehead atoms. The lowest BCUT2D eigenvalue weighted by molar-refractivity contribution is 0.655. The highest BCUT2D eigenvalue weighted by atomic mass is 15.0. The number of fused-ring (bicyclic) bond motifs is 1. The van der Waals surface area contributed by atoms with Crippen molar-refractivity contribution in [3.8, 4) is 0 Å². The van der Waals surface area contributed by atoms with Crippen molar-refractivity contribution in [1.82, 2.24) is 9.97 Å². The standard InChI is InChI=1S/C14H15N3/c1-2-10-8-13(15)17-14(16-10)12-7-9-5-3-4-6-11(9)12/h3-6,8,12H,2,7H2,1H3,(H2,15,16,17). The summed E-state index contributed by atoms with van der Waals surface area (Å²) in [6.07, 6.45) is 1.93. The fourth-order valence-electron chi connectivity index (χ4n) is 2.37. The van der Waals surface area contributed by atoms with Gasteiger partial charge in [-0.15, -0.1) is 0 Å². The van der Waals surface area contributed by atoms with E-state index in [4.69, 9.17) is 5.73 Å². The molecular formula is C14H15N3. The van der Waals surface area contributed by atoms with Crippen molar-refractivity contribution in [1.29, 1.82) is 0 Å². The van der Waals surface area contributed by atoms with E-state index in [1.54, 1.807) is 0 Å². The van der Waals surface area contributed by atoms with Crippen molar-refractivity contribution in [3.05, 3.63) is 53.0 Å². The smallest absolute Gasteiger partial charge is 0.138 e. The van der Waals surface area contributed by atoms with Crippen LogP contribution in [-0.2, 0) is 12.8 Å². The van der Waals surface area contributed by atoms with E-state index in [1.165, 1.54) is 11.1 Å². The zero-order valence-electron chi connectivity index (χ0n) is 9.85. The molecule has 0 aliphatic heterocycles. The van der Waals surface area contributed by atoms with Gasteiger partial charge in [-0.3, -0.25) is 0 Å². The SMILES string of the molecule is CCc1cc(N)nc(C2Cc3ccccc32)n1. The van der Waals surface area contributed by atoms with Gasteiger partial charge in [-0.1, -0.05) is 31.2 Å². The fraction of sp³-hybridized carbons (Fsp3) is 0.286. The second-order valence-electron chi connectivity index (χ2n) is 4.45. The lowest BCUT2D eigenvalue weighted by atomic mass is 9.77. The lowest BCUT2D eigenvalue weighted by Gasteiger charge is -2.29. The monoisotopic (exact) mass is 225 g/mol. The van der Waals surface area contributed by atoms with Crippen LogP contribution in [0.4, 0.5) is 5.82 Å². The Morgan fingerprint density at radius 3 is 2.88 bits per heavy atom. The van der Waals surface area contributed by atoms with Crippen molar-refractivity contribution in [3.63, 3.8) is 0 Å². The summed E-state index contributed by atoms with van der Waals surface area (Å²) in [5, 5.41) is 0. The van der Waals surface area contributed by atoms with Crippen LogP contribution in [-0.4, -0.2) is 9.97 Å². The Balaban J connectivity index is 2.00. The number of aryl methyl sites for hydroxylation is 1. The fourth-order valence-corrected chi connectivity index (χ4v) is 2.37. The molecule has 86 valence electrons. The second-order valence-corrected chi connectivity index (χ2v) is 4.45. The quantitative estimate of drug-likeness (QED) is 0.853. The van der Waals surface area contributed by atoms with Gasteiger partial charge >= 0.3 is 0 Å². The van der Waals surface area contributed by atoms with Crippen LogP contribution in [0.2, 0.25) is 0 Å². The van der Waals surface area contributed by atoms with Gasteiger partial charge in [0.25, 0.3) is 0 Å². The average molecular weight is 225 g/mol. The molecule has 1 heterocycles. The molecule has 0 radical (unpaired) electrons. The minimum atomic E-state index is 0.333. The number of nitrogens with two attached hydrogens (primary N) is 1. The number of rotatable bonds is 2. The molecule has 0 amide bonds. The van der Waals surface area contributed by atoms with Crippen LogP contribution in [0.15, 0.2) is 30.3 Å². The van der Waals surface area contributed by atoms with Gasteiger partial charge in [0.2, 0.25) is 0 Å². The summed E-state index contributed by atoms with van der Waals surface area (Å²) in [5.74, 6) is 1.79. The Kier molecular flexibility index (Phi) is 2.32. The van der Waals surface area contributed by atoms with Gasteiger partial charge in [0.15, 0.2) is 0 Å². The molecule has 1 unspecified atom stereocenters. The molecule has 1 atom stereocenters. The summed E-state index contributed by atoms with van der Waals surface area (Å²) >= 11 is 0. The first-order valence-electron chi connectivity index (χ1n) is 5.99. The molecule has 1 aromatic heterocycles. The van der Waals surface area contributed by atoms with Gasteiger partial charge in [-0.25, -0.2) is 9.97 Å². The molecule has 3 heteroatoms. The van der Waals surface area contributed by atoms with Gasteiger partial charge in [0, 0.05) is 17.7 Å². The van der Waals surface area contributed by atoms with Crippen LogP contribution in [0.5, 0.6) is 0 Å². The summed E-state index contributed by atoms with van der Waals surface area (Å²) < 4.78 is 0. The predicted octanol–water partition coefficient (Wildman–Crippen LogP) is 2.31. The topological polar surface area (TPSA) is 51.8 Å². The van der Waals surface area contributed by atoms with Crippen molar-refractivity contribution in [2.75, 3.05) is 5.73 Å². The van der Waals surface area contributed by atoms with E-state index in [9.17, 15) is 0 Å². The summed E-state index contributed by atoms with van der Waals surface area (Å²) in [6, 6.07) is 10.3. The van der Waals surface area contributed by atoms with E-state index in [0.717, 1.165) is 24.4 Å². The Morgan fingerprint density at radius 1 is 1.29 bits per heavy atom. The molecule has 0 saturated carbocycles. The molecule has 2 N–H and O–H groups in total. The Labute approximate surface area is 101 Å². The normalized spacial score (nSPS) is 17.4. The lowest BCUT2D eigenvalue weighted by Crippen LogP contribution is -2.21. The molecule has 17 heavy (non-hydrogen) atoms. The number of nitrogen functional groups attached to an aromatic ring is 1. The van der Waals surface area contributed by atoms with Gasteiger partial charge in [0.05, 0.1) is 0 Å². The molecule has 2 aromatic rings. The van der Waals surface area contributed by atoms with Crippen molar-refractivity contribution >= 4 is 5.82 Å². The first kappa shape index (κ1) is 10.3. The maximum atomic E-state index is 5.82. The maximum absolute atomic E-state index is 5.82. The van der Waals surface area contributed by atoms with Gasteiger partial charge in [0.1, 0.15) is 11.6 Å². The number of anilines is 1. The zero-order valence-corrected chi connectivity index (χ0v) is 9.85. The van der Waals surface area contributed by atoms with Crippen molar-refractivity contribution < 1.29 is 0 Å². The van der Waals surface area contributed by atoms with Crippen LogP contribution in [0, 0.1) is 0 Å². The highest BCUT2D eigenvalue weighted by Crippen LogP contribution is 2.38. The molecule has 1 aliphatic rings. The van der Waals surface area contributed by atoms with Crippen molar-refractivity contribution in [2.45, 2.75) is 25.7 Å². The predicted molar refractivity (Wildman–Crippen MR) is 67.8 cm³/mol. The molecule has 1 aromatic carbocycles. The van der Waals surface area contributed by atoms with Crippen LogP contribution < -0.4 is 5.73 Å². The van der Waals surface area contributed by atoms with Gasteiger partial charge in [-0.05, 0) is 24.0 Å². The molecule has 3 rings (SSSR count). The number of hydrogen-bond donors (Lipinski definition) is 1. The van der Waals surface area contributed by atoms with Gasteiger partial charge < -0.3 is 5.73 Å². The Bertz CT molecular complexity index is 563. The van der Waals surface area contributed by atoms with E-state index in [-0.39, 0.29) is 0 Å². The summed E-state index contributed by atoms with van der Waals surface area (Å²) in [4.78, 5) is 8.95. The molecular weight excluding hydrogens is 210 g/mol. The van der Waals surface area contributed by atoms with Crippen LogP contribution >= 0.6 is 0 Å². The number of benzene rings is 1. The summed E-state index contributed by atoms with van der Waals surface area (Å²) in [7, 11) is 0. The van der Waals surface area contributed by atoms with E-state index in [0.29, 0.717) is 11.7 Å². The van der Waals surface area contributed by atoms with E-state index in [2.05, 4.69) is 41.2 Å². The zero-order chi connectivity index (χ0) is 11.8. The minimum absolute atomic E-state index is 0.333. The van der Waals surface area contributed by atoms with E-state index < -0.39 is 0 Å². The molecule has 3 nitrogen and oxygen atoms in total. The highest BCUT2D eigenvalue weighted by Gasteiger charge is 2.29. The maximum Gasteiger partial charge on any atom is 0.138 e. The second kappa shape index (κ2) is 3.84. The van der Waals surface area contributed by atoms with E-state index in [1.807, 2.05) is 6.07 Å². The molecule has 0 saturated heterocycles. The molecule has 0 fully saturated rings. The number of hydrogen-bond acceptors (Lipinski definition) is 3. The largest absolute Gasteiger partial charge is 0.384 e. The molecule has 1 aliphatic carbocycles. The molecule has 0 spiro atoms. The highest BCUT2D eigenvalue weighted by molar-refractivity contribution is 5.45. The number of nitrogens with zero attached hydrogens (tertiary/aromatic N) is 2. The van der Waals surface area contributed by atoms with Gasteiger partial charge in [-0.2, -0.15) is 0 Å².